The molecular weight excluding hydrogens is 372 g/mol. The third-order valence-electron chi connectivity index (χ3n) is 3.90. The van der Waals surface area contributed by atoms with Gasteiger partial charge in [0, 0.05) is 11.8 Å². The average molecular weight is 389 g/mol. The molecule has 0 aliphatic heterocycles. The van der Waals surface area contributed by atoms with Gasteiger partial charge in [-0.25, -0.2) is 4.98 Å². The Bertz CT molecular complexity index is 947. The number of rotatable bonds is 4. The summed E-state index contributed by atoms with van der Waals surface area (Å²) in [4.78, 5) is 16.0. The minimum atomic E-state index is -0.888. The van der Waals surface area contributed by atoms with Gasteiger partial charge in [-0.3, -0.25) is 4.79 Å². The van der Waals surface area contributed by atoms with Crippen LogP contribution in [0.1, 0.15) is 16.8 Å². The molecule has 0 spiro atoms. The number of aryl methyl sites for hydroxylation is 2. The molecule has 0 atom stereocenters. The Kier molecular flexibility index (Phi) is 4.32. The number of imidazole rings is 1. The molecule has 6 heteroatoms. The maximum Gasteiger partial charge on any atom is 0.309 e. The van der Waals surface area contributed by atoms with E-state index in [0.717, 1.165) is 26.9 Å². The van der Waals surface area contributed by atoms with E-state index in [1.807, 2.05) is 48.7 Å². The number of carboxylic acid groups (broad SMARTS) is 1. The van der Waals surface area contributed by atoms with E-state index in [9.17, 15) is 9.90 Å². The molecule has 5 nitrogen and oxygen atoms in total. The van der Waals surface area contributed by atoms with Crippen LogP contribution in [0.5, 0.6) is 5.75 Å². The number of ether oxygens (including phenoxy) is 1. The van der Waals surface area contributed by atoms with Crippen LogP contribution in [-0.4, -0.2) is 27.6 Å². The van der Waals surface area contributed by atoms with Crippen molar-refractivity contribution in [2.24, 2.45) is 0 Å². The number of carboxylic acids is 1. The number of hydrogen-bond acceptors (Lipinski definition) is 3. The van der Waals surface area contributed by atoms with Crippen molar-refractivity contribution in [3.8, 4) is 17.0 Å². The highest BCUT2D eigenvalue weighted by molar-refractivity contribution is 9.10. The molecular formula is C18H17BrN2O3. The molecule has 3 rings (SSSR count). The zero-order valence-corrected chi connectivity index (χ0v) is 15.2. The van der Waals surface area contributed by atoms with Crippen LogP contribution in [0.3, 0.4) is 0 Å². The molecule has 0 amide bonds. The molecule has 2 heterocycles. The monoisotopic (exact) mass is 388 g/mol. The van der Waals surface area contributed by atoms with Gasteiger partial charge in [0.25, 0.3) is 0 Å². The number of carbonyl (C=O) groups is 1. The van der Waals surface area contributed by atoms with Crippen LogP contribution >= 0.6 is 15.9 Å². The number of methoxy groups -OCH3 is 1. The molecule has 0 saturated carbocycles. The summed E-state index contributed by atoms with van der Waals surface area (Å²) >= 11 is 3.52. The van der Waals surface area contributed by atoms with E-state index in [0.29, 0.717) is 17.0 Å². The van der Waals surface area contributed by atoms with Crippen LogP contribution in [0.2, 0.25) is 0 Å². The predicted octanol–water partition coefficient (Wildman–Crippen LogP) is 4.02. The average Bonchev–Trinajstić information content (AvgIpc) is 2.85. The van der Waals surface area contributed by atoms with Crippen LogP contribution in [0.4, 0.5) is 0 Å². The molecule has 0 unspecified atom stereocenters. The maximum atomic E-state index is 11.4. The second-order valence-electron chi connectivity index (χ2n) is 5.72. The van der Waals surface area contributed by atoms with Gasteiger partial charge >= 0.3 is 5.97 Å². The Morgan fingerprint density at radius 3 is 2.71 bits per heavy atom. The summed E-state index contributed by atoms with van der Waals surface area (Å²) in [5.74, 6) is -0.0970. The fraction of sp³-hybridized carbons (Fsp3) is 0.222. The summed E-state index contributed by atoms with van der Waals surface area (Å²) in [6, 6.07) is 7.71. The van der Waals surface area contributed by atoms with E-state index in [-0.39, 0.29) is 6.42 Å². The van der Waals surface area contributed by atoms with Crippen molar-refractivity contribution in [3.05, 3.63) is 51.8 Å². The van der Waals surface area contributed by atoms with Crippen LogP contribution in [0.25, 0.3) is 16.9 Å². The van der Waals surface area contributed by atoms with E-state index in [1.165, 1.54) is 0 Å². The molecule has 0 radical (unpaired) electrons. The summed E-state index contributed by atoms with van der Waals surface area (Å²) in [6.45, 7) is 3.92. The number of benzene rings is 1. The number of aliphatic carboxylic acids is 1. The van der Waals surface area contributed by atoms with Crippen molar-refractivity contribution in [1.82, 2.24) is 9.38 Å². The van der Waals surface area contributed by atoms with Crippen molar-refractivity contribution in [3.63, 3.8) is 0 Å². The van der Waals surface area contributed by atoms with E-state index in [4.69, 9.17) is 4.74 Å². The van der Waals surface area contributed by atoms with Crippen molar-refractivity contribution in [2.45, 2.75) is 20.3 Å². The van der Waals surface area contributed by atoms with E-state index < -0.39 is 5.97 Å². The van der Waals surface area contributed by atoms with Crippen molar-refractivity contribution in [1.29, 1.82) is 0 Å². The first-order valence-electron chi connectivity index (χ1n) is 7.44. The molecule has 2 aromatic heterocycles. The smallest absolute Gasteiger partial charge is 0.309 e. The Morgan fingerprint density at radius 2 is 2.08 bits per heavy atom. The number of aromatic nitrogens is 2. The van der Waals surface area contributed by atoms with E-state index in [2.05, 4.69) is 20.9 Å². The molecule has 1 aromatic carbocycles. The van der Waals surface area contributed by atoms with Gasteiger partial charge < -0.3 is 14.2 Å². The fourth-order valence-electron chi connectivity index (χ4n) is 2.85. The molecule has 3 aromatic rings. The lowest BCUT2D eigenvalue weighted by molar-refractivity contribution is -0.136. The standard InChI is InChI=1S/C18H17BrN2O3/c1-10-6-13(19)18-20-17(14(8-16(22)23)21(18)9-10)12-4-5-15(24-3)11(2)7-12/h4-7,9H,8H2,1-3H3,(H,22,23). The molecule has 0 aliphatic rings. The normalized spacial score (nSPS) is 11.0. The Morgan fingerprint density at radius 1 is 1.33 bits per heavy atom. The van der Waals surface area contributed by atoms with Gasteiger partial charge in [-0.15, -0.1) is 0 Å². The van der Waals surface area contributed by atoms with Gasteiger partial charge in [-0.2, -0.15) is 0 Å². The molecule has 0 saturated heterocycles. The number of pyridine rings is 1. The van der Waals surface area contributed by atoms with Crippen molar-refractivity contribution >= 4 is 27.5 Å². The topological polar surface area (TPSA) is 63.8 Å². The summed E-state index contributed by atoms with van der Waals surface area (Å²) in [6.07, 6.45) is 1.81. The quantitative estimate of drug-likeness (QED) is 0.732. The van der Waals surface area contributed by atoms with Crippen molar-refractivity contribution < 1.29 is 14.6 Å². The number of hydrogen-bond donors (Lipinski definition) is 1. The highest BCUT2D eigenvalue weighted by Crippen LogP contribution is 2.31. The van der Waals surface area contributed by atoms with Gasteiger partial charge in [0.05, 0.1) is 29.4 Å². The maximum absolute atomic E-state index is 11.4. The summed E-state index contributed by atoms with van der Waals surface area (Å²) in [5.41, 5.74) is 4.92. The molecule has 1 N–H and O–H groups in total. The summed E-state index contributed by atoms with van der Waals surface area (Å²) < 4.78 is 7.99. The lowest BCUT2D eigenvalue weighted by Gasteiger charge is -2.08. The largest absolute Gasteiger partial charge is 0.496 e. The van der Waals surface area contributed by atoms with E-state index >= 15 is 0 Å². The zero-order chi connectivity index (χ0) is 17.4. The van der Waals surface area contributed by atoms with Gasteiger partial charge in [-0.1, -0.05) is 0 Å². The van der Waals surface area contributed by atoms with Crippen molar-refractivity contribution in [2.75, 3.05) is 7.11 Å². The molecule has 124 valence electrons. The number of fused-ring (bicyclic) bond motifs is 1. The Balaban J connectivity index is 2.28. The number of nitrogens with zero attached hydrogens (tertiary/aromatic N) is 2. The van der Waals surface area contributed by atoms with Gasteiger partial charge in [0.2, 0.25) is 0 Å². The van der Waals surface area contributed by atoms with Gasteiger partial charge in [0.15, 0.2) is 5.65 Å². The van der Waals surface area contributed by atoms with E-state index in [1.54, 1.807) is 7.11 Å². The summed E-state index contributed by atoms with van der Waals surface area (Å²) in [5, 5.41) is 9.32. The Labute approximate surface area is 148 Å². The SMILES string of the molecule is COc1ccc(-c2nc3c(Br)cc(C)cn3c2CC(=O)O)cc1C. The second-order valence-corrected chi connectivity index (χ2v) is 6.58. The zero-order valence-electron chi connectivity index (χ0n) is 13.6. The van der Waals surface area contributed by atoms with Crippen LogP contribution in [0, 0.1) is 13.8 Å². The first-order valence-corrected chi connectivity index (χ1v) is 8.24. The molecule has 0 aliphatic carbocycles. The highest BCUT2D eigenvalue weighted by atomic mass is 79.9. The fourth-order valence-corrected chi connectivity index (χ4v) is 3.49. The van der Waals surface area contributed by atoms with Crippen LogP contribution < -0.4 is 4.74 Å². The van der Waals surface area contributed by atoms with Gasteiger partial charge in [-0.05, 0) is 65.2 Å². The number of halogens is 1. The third-order valence-corrected chi connectivity index (χ3v) is 4.48. The lowest BCUT2D eigenvalue weighted by atomic mass is 10.1. The highest BCUT2D eigenvalue weighted by Gasteiger charge is 2.19. The second kappa shape index (κ2) is 6.28. The molecule has 0 bridgehead atoms. The Hall–Kier alpha value is -2.34. The third kappa shape index (κ3) is 2.89. The van der Waals surface area contributed by atoms with Gasteiger partial charge in [0.1, 0.15) is 5.75 Å². The first-order chi connectivity index (χ1) is 11.4. The minimum Gasteiger partial charge on any atom is -0.496 e. The molecule has 24 heavy (non-hydrogen) atoms. The van der Waals surface area contributed by atoms with Crippen LogP contribution in [0.15, 0.2) is 34.9 Å². The molecule has 0 fully saturated rings. The lowest BCUT2D eigenvalue weighted by Crippen LogP contribution is -2.05. The summed E-state index contributed by atoms with van der Waals surface area (Å²) in [7, 11) is 1.63. The first kappa shape index (κ1) is 16.5. The van der Waals surface area contributed by atoms with Crippen LogP contribution in [-0.2, 0) is 11.2 Å². The predicted molar refractivity (Wildman–Crippen MR) is 95.7 cm³/mol. The minimum absolute atomic E-state index is 0.0997.